The van der Waals surface area contributed by atoms with Gasteiger partial charge in [0, 0.05) is 13.1 Å². The largest absolute Gasteiger partial charge is 0.309 e. The van der Waals surface area contributed by atoms with Crippen molar-refractivity contribution in [2.75, 3.05) is 32.1 Å². The molecule has 0 saturated carbocycles. The average Bonchev–Trinajstić information content (AvgIpc) is 3.27. The average molecular weight is 400 g/mol. The zero-order valence-electron chi connectivity index (χ0n) is 17.4. The van der Waals surface area contributed by atoms with E-state index in [1.54, 1.807) is 16.0 Å². The summed E-state index contributed by atoms with van der Waals surface area (Å²) in [7, 11) is 4.10. The fourth-order valence-corrected chi connectivity index (χ4v) is 4.36. The first-order valence-electron chi connectivity index (χ1n) is 9.84. The number of hydrogen-bond acceptors (Lipinski definition) is 5. The predicted molar refractivity (Wildman–Crippen MR) is 116 cm³/mol. The molecular formula is C21H29N5OS. The number of anilines is 1. The van der Waals surface area contributed by atoms with Crippen LogP contribution in [0.5, 0.6) is 0 Å². The van der Waals surface area contributed by atoms with Crippen molar-refractivity contribution in [3.63, 3.8) is 0 Å². The Balaban J connectivity index is 2.00. The molecule has 6 nitrogen and oxygen atoms in total. The van der Waals surface area contributed by atoms with Crippen LogP contribution in [0.25, 0.3) is 10.2 Å². The van der Waals surface area contributed by atoms with Gasteiger partial charge in [0.15, 0.2) is 5.13 Å². The number of benzene rings is 1. The number of hydrogen-bond donors (Lipinski definition) is 0. The van der Waals surface area contributed by atoms with Crippen molar-refractivity contribution in [1.29, 1.82) is 0 Å². The smallest absolute Gasteiger partial charge is 0.278 e. The van der Waals surface area contributed by atoms with Crippen LogP contribution in [0.3, 0.4) is 0 Å². The molecule has 3 aromatic rings. The van der Waals surface area contributed by atoms with Gasteiger partial charge in [0.05, 0.1) is 15.9 Å². The highest BCUT2D eigenvalue weighted by atomic mass is 32.1. The lowest BCUT2D eigenvalue weighted by atomic mass is 10.1. The van der Waals surface area contributed by atoms with Crippen LogP contribution in [-0.2, 0) is 13.0 Å². The van der Waals surface area contributed by atoms with Crippen LogP contribution in [-0.4, -0.2) is 52.8 Å². The number of amides is 1. The Morgan fingerprint density at radius 3 is 2.68 bits per heavy atom. The van der Waals surface area contributed by atoms with E-state index < -0.39 is 0 Å². The lowest BCUT2D eigenvalue weighted by Crippen LogP contribution is -2.34. The standard InChI is InChI=1S/C21H29N5OS/c1-6-16-10-8-11-18-19(16)22-21(28-18)25(13-9-12-24(4)5)20(27)17-14-15(3)23-26(17)7-2/h8,10-11,14H,6-7,9,12-13H2,1-5H3. The summed E-state index contributed by atoms with van der Waals surface area (Å²) >= 11 is 1.59. The normalized spacial score (nSPS) is 11.5. The van der Waals surface area contributed by atoms with Crippen molar-refractivity contribution >= 4 is 32.6 Å². The number of rotatable bonds is 8. The van der Waals surface area contributed by atoms with Crippen LogP contribution in [0, 0.1) is 6.92 Å². The zero-order chi connectivity index (χ0) is 20.3. The van der Waals surface area contributed by atoms with Crippen LogP contribution in [0.2, 0.25) is 0 Å². The van der Waals surface area contributed by atoms with E-state index in [-0.39, 0.29) is 5.91 Å². The number of carbonyl (C=O) groups is 1. The molecule has 0 bridgehead atoms. The molecule has 0 radical (unpaired) electrons. The van der Waals surface area contributed by atoms with Crippen LogP contribution >= 0.6 is 11.3 Å². The van der Waals surface area contributed by atoms with E-state index in [0.29, 0.717) is 18.8 Å². The summed E-state index contributed by atoms with van der Waals surface area (Å²) in [5, 5.41) is 5.21. The number of fused-ring (bicyclic) bond motifs is 1. The molecule has 0 spiro atoms. The lowest BCUT2D eigenvalue weighted by molar-refractivity contribution is 0.0975. The Hall–Kier alpha value is -2.25. The molecule has 0 aliphatic rings. The SMILES string of the molecule is CCc1cccc2sc(N(CCCN(C)C)C(=O)c3cc(C)nn3CC)nc12. The van der Waals surface area contributed by atoms with Crippen LogP contribution in [0.4, 0.5) is 5.13 Å². The molecule has 0 unspecified atom stereocenters. The summed E-state index contributed by atoms with van der Waals surface area (Å²) in [6, 6.07) is 8.13. The Morgan fingerprint density at radius 1 is 1.21 bits per heavy atom. The topological polar surface area (TPSA) is 54.3 Å². The van der Waals surface area contributed by atoms with Gasteiger partial charge in [-0.3, -0.25) is 14.4 Å². The molecule has 2 aromatic heterocycles. The Bertz CT molecular complexity index is 959. The number of nitrogens with zero attached hydrogens (tertiary/aromatic N) is 5. The molecule has 0 atom stereocenters. The van der Waals surface area contributed by atoms with E-state index in [1.807, 2.05) is 38.9 Å². The highest BCUT2D eigenvalue weighted by Crippen LogP contribution is 2.32. The van der Waals surface area contributed by atoms with Gasteiger partial charge >= 0.3 is 0 Å². The van der Waals surface area contributed by atoms with E-state index in [9.17, 15) is 4.79 Å². The second kappa shape index (κ2) is 8.84. The van der Waals surface area contributed by atoms with Gasteiger partial charge in [-0.05, 0) is 65.0 Å². The minimum absolute atomic E-state index is 0.0293. The summed E-state index contributed by atoms with van der Waals surface area (Å²) in [6.07, 6.45) is 1.81. The number of aromatic nitrogens is 3. The van der Waals surface area contributed by atoms with Crippen molar-refractivity contribution in [3.05, 3.63) is 41.2 Å². The van der Waals surface area contributed by atoms with Gasteiger partial charge < -0.3 is 4.90 Å². The molecule has 150 valence electrons. The first-order valence-corrected chi connectivity index (χ1v) is 10.7. The van der Waals surface area contributed by atoms with Gasteiger partial charge in [-0.25, -0.2) is 4.98 Å². The maximum Gasteiger partial charge on any atom is 0.278 e. The second-order valence-corrected chi connectivity index (χ2v) is 8.22. The maximum absolute atomic E-state index is 13.5. The van der Waals surface area contributed by atoms with Gasteiger partial charge in [0.2, 0.25) is 0 Å². The van der Waals surface area contributed by atoms with Gasteiger partial charge in [-0.1, -0.05) is 30.4 Å². The van der Waals surface area contributed by atoms with E-state index in [4.69, 9.17) is 4.98 Å². The molecule has 1 aromatic carbocycles. The maximum atomic E-state index is 13.5. The fraction of sp³-hybridized carbons (Fsp3) is 0.476. The molecule has 0 saturated heterocycles. The van der Waals surface area contributed by atoms with E-state index in [2.05, 4.69) is 35.1 Å². The highest BCUT2D eigenvalue weighted by molar-refractivity contribution is 7.22. The van der Waals surface area contributed by atoms with Crippen molar-refractivity contribution in [3.8, 4) is 0 Å². The van der Waals surface area contributed by atoms with Gasteiger partial charge in [-0.2, -0.15) is 5.10 Å². The third kappa shape index (κ3) is 4.25. The first-order chi connectivity index (χ1) is 13.4. The Labute approximate surface area is 170 Å². The summed E-state index contributed by atoms with van der Waals surface area (Å²) in [5.74, 6) is -0.0293. The van der Waals surface area contributed by atoms with Crippen molar-refractivity contribution in [2.24, 2.45) is 0 Å². The molecule has 28 heavy (non-hydrogen) atoms. The third-order valence-electron chi connectivity index (χ3n) is 4.76. The molecule has 1 amide bonds. The second-order valence-electron chi connectivity index (χ2n) is 7.21. The summed E-state index contributed by atoms with van der Waals surface area (Å²) < 4.78 is 2.90. The molecule has 0 fully saturated rings. The molecule has 2 heterocycles. The predicted octanol–water partition coefficient (Wildman–Crippen LogP) is 3.98. The van der Waals surface area contributed by atoms with Crippen LogP contribution in [0.1, 0.15) is 42.0 Å². The number of aryl methyl sites for hydroxylation is 3. The quantitative estimate of drug-likeness (QED) is 0.575. The zero-order valence-corrected chi connectivity index (χ0v) is 18.2. The van der Waals surface area contributed by atoms with Crippen molar-refractivity contribution in [1.82, 2.24) is 19.7 Å². The highest BCUT2D eigenvalue weighted by Gasteiger charge is 2.24. The molecule has 0 aliphatic heterocycles. The number of para-hydroxylation sites is 1. The molecule has 0 aliphatic carbocycles. The third-order valence-corrected chi connectivity index (χ3v) is 5.80. The molecule has 7 heteroatoms. The minimum atomic E-state index is -0.0293. The summed E-state index contributed by atoms with van der Waals surface area (Å²) in [5.41, 5.74) is 3.71. The van der Waals surface area contributed by atoms with E-state index in [0.717, 1.165) is 40.4 Å². The molecule has 3 rings (SSSR count). The number of carbonyl (C=O) groups excluding carboxylic acids is 1. The Morgan fingerprint density at radius 2 is 2.00 bits per heavy atom. The minimum Gasteiger partial charge on any atom is -0.309 e. The Kier molecular flexibility index (Phi) is 6.46. The van der Waals surface area contributed by atoms with Gasteiger partial charge in [-0.15, -0.1) is 0 Å². The summed E-state index contributed by atoms with van der Waals surface area (Å²) in [6.45, 7) is 8.28. The number of thiazole rings is 1. The van der Waals surface area contributed by atoms with Gasteiger partial charge in [0.25, 0.3) is 5.91 Å². The van der Waals surface area contributed by atoms with Crippen molar-refractivity contribution < 1.29 is 4.79 Å². The first kappa shape index (κ1) is 20.5. The molecule has 0 N–H and O–H groups in total. The van der Waals surface area contributed by atoms with E-state index in [1.165, 1.54) is 5.56 Å². The lowest BCUT2D eigenvalue weighted by Gasteiger charge is -2.21. The molecular weight excluding hydrogens is 370 g/mol. The van der Waals surface area contributed by atoms with Crippen LogP contribution < -0.4 is 4.90 Å². The van der Waals surface area contributed by atoms with Crippen molar-refractivity contribution in [2.45, 2.75) is 40.2 Å². The summed E-state index contributed by atoms with van der Waals surface area (Å²) in [4.78, 5) is 22.3. The van der Waals surface area contributed by atoms with Crippen LogP contribution in [0.15, 0.2) is 24.3 Å². The monoisotopic (exact) mass is 399 g/mol. The fourth-order valence-electron chi connectivity index (χ4n) is 3.32. The van der Waals surface area contributed by atoms with Gasteiger partial charge in [0.1, 0.15) is 5.69 Å². The van der Waals surface area contributed by atoms with E-state index >= 15 is 0 Å².